The quantitative estimate of drug-likeness (QED) is 0.198. The molecule has 1 aliphatic carbocycles. The van der Waals surface area contributed by atoms with Gasteiger partial charge in [0, 0.05) is 17.7 Å². The summed E-state index contributed by atoms with van der Waals surface area (Å²) in [6.07, 6.45) is 5.43. The van der Waals surface area contributed by atoms with E-state index in [-0.39, 0.29) is 0 Å². The van der Waals surface area contributed by atoms with Gasteiger partial charge in [-0.2, -0.15) is 0 Å². The average Bonchev–Trinajstić information content (AvgIpc) is 2.67. The summed E-state index contributed by atoms with van der Waals surface area (Å²) >= 11 is 20.1. The molecule has 1 saturated carbocycles. The van der Waals surface area contributed by atoms with Crippen LogP contribution in [-0.4, -0.2) is 36.8 Å². The lowest BCUT2D eigenvalue weighted by molar-refractivity contribution is 0.0250. The van der Waals surface area contributed by atoms with Crippen LogP contribution in [0.5, 0.6) is 0 Å². The summed E-state index contributed by atoms with van der Waals surface area (Å²) in [6, 6.07) is 8.78. The Bertz CT molecular complexity index is 719. The first-order valence-corrected chi connectivity index (χ1v) is 12.4. The summed E-state index contributed by atoms with van der Waals surface area (Å²) in [6.45, 7) is 0.623. The molecular formula is C18H20ClN3OS3Si. The Hall–Kier alpha value is -0.913. The number of hydrogen-bond donors (Lipinski definition) is 0. The van der Waals surface area contributed by atoms with Crippen molar-refractivity contribution >= 4 is 72.3 Å². The molecule has 0 saturated heterocycles. The number of thiocarbonyl (C=S) groups is 3. The summed E-state index contributed by atoms with van der Waals surface area (Å²) in [5.41, 5.74) is 1.36. The van der Waals surface area contributed by atoms with Gasteiger partial charge in [-0.3, -0.25) is 0 Å². The molecule has 0 N–H and O–H groups in total. The predicted molar refractivity (Wildman–Crippen MR) is 123 cm³/mol. The van der Waals surface area contributed by atoms with E-state index in [0.717, 1.165) is 37.1 Å². The van der Waals surface area contributed by atoms with Crippen LogP contribution in [0.2, 0.25) is 11.1 Å². The van der Waals surface area contributed by atoms with Gasteiger partial charge in [0.2, 0.25) is 0 Å². The van der Waals surface area contributed by atoms with E-state index in [4.69, 9.17) is 53.0 Å². The van der Waals surface area contributed by atoms with Gasteiger partial charge in [0.05, 0.1) is 21.6 Å². The Balaban J connectivity index is 1.78. The maximum atomic E-state index is 6.05. The summed E-state index contributed by atoms with van der Waals surface area (Å²) in [5, 5.41) is 7.84. The smallest absolute Gasteiger partial charge is 0.378 e. The van der Waals surface area contributed by atoms with Crippen molar-refractivity contribution in [3.63, 3.8) is 0 Å². The van der Waals surface area contributed by atoms with Crippen molar-refractivity contribution < 1.29 is 4.74 Å². The number of benzene rings is 1. The number of nitrogens with zero attached hydrogens (tertiary/aromatic N) is 3. The van der Waals surface area contributed by atoms with E-state index >= 15 is 0 Å². The molecule has 0 aromatic heterocycles. The lowest BCUT2D eigenvalue weighted by Gasteiger charge is -2.29. The van der Waals surface area contributed by atoms with E-state index in [9.17, 15) is 0 Å². The molecular weight excluding hydrogens is 434 g/mol. The first-order valence-electron chi connectivity index (χ1n) is 8.76. The average molecular weight is 454 g/mol. The Labute approximate surface area is 182 Å². The van der Waals surface area contributed by atoms with Crippen LogP contribution in [0, 0.1) is 0 Å². The first-order chi connectivity index (χ1) is 13.1. The molecule has 0 aliphatic heterocycles. The molecule has 1 aliphatic rings. The summed E-state index contributed by atoms with van der Waals surface area (Å²) in [4.78, 5) is 0. The molecule has 0 amide bonds. The number of halogens is 1. The summed E-state index contributed by atoms with van der Waals surface area (Å²) in [5.74, 6) is 0.591. The van der Waals surface area contributed by atoms with Crippen molar-refractivity contribution in [3.05, 3.63) is 34.9 Å². The highest BCUT2D eigenvalue weighted by atomic mass is 35.5. The number of hydrogen-bond acceptors (Lipinski definition) is 7. The van der Waals surface area contributed by atoms with Gasteiger partial charge in [-0.05, 0) is 92.4 Å². The summed E-state index contributed by atoms with van der Waals surface area (Å²) in [7, 11) is -2.80. The lowest BCUT2D eigenvalue weighted by Crippen LogP contribution is -2.28. The molecule has 1 aromatic carbocycles. The molecule has 1 aromatic rings. The minimum Gasteiger partial charge on any atom is -0.378 e. The monoisotopic (exact) mass is 453 g/mol. The summed E-state index contributed by atoms with van der Waals surface area (Å²) < 4.78 is 18.4. The Kier molecular flexibility index (Phi) is 9.80. The standard InChI is InChI=1S/C18H20ClN3OS3Si/c19-17-6-2-15(3-7-17)16-4-8-18(9-5-16)23-10-1-11-27(20-12-24,21-13-25)22-14-26/h2-3,6-7,16,18H,1,4-5,8-11H2/t16-,18-. The van der Waals surface area contributed by atoms with E-state index in [2.05, 4.69) is 41.6 Å². The zero-order valence-electron chi connectivity index (χ0n) is 14.8. The van der Waals surface area contributed by atoms with Gasteiger partial charge in [0.1, 0.15) is 0 Å². The van der Waals surface area contributed by atoms with Crippen molar-refractivity contribution in [2.45, 2.75) is 50.2 Å². The minimum atomic E-state index is -2.80. The van der Waals surface area contributed by atoms with Crippen LogP contribution in [0.3, 0.4) is 0 Å². The van der Waals surface area contributed by atoms with Crippen LogP contribution < -0.4 is 0 Å². The molecule has 0 unspecified atom stereocenters. The SMILES string of the molecule is S=C=N[Si](CCCO[C@H]1CC[C@H](c2ccc(Cl)cc2)CC1)(N=C=S)N=C=S. The van der Waals surface area contributed by atoms with Crippen LogP contribution in [0.4, 0.5) is 0 Å². The second-order valence-corrected chi connectivity index (χ2v) is 10.1. The normalized spacial score (nSPS) is 21.1. The lowest BCUT2D eigenvalue weighted by atomic mass is 9.83. The maximum absolute atomic E-state index is 6.05. The van der Waals surface area contributed by atoms with Crippen molar-refractivity contribution in [1.82, 2.24) is 0 Å². The molecule has 0 heterocycles. The van der Waals surface area contributed by atoms with Crippen LogP contribution in [0.15, 0.2) is 38.2 Å². The van der Waals surface area contributed by atoms with Crippen LogP contribution >= 0.6 is 48.3 Å². The van der Waals surface area contributed by atoms with E-state index in [1.54, 1.807) is 0 Å². The third kappa shape index (κ3) is 7.20. The zero-order valence-corrected chi connectivity index (χ0v) is 19.0. The van der Waals surface area contributed by atoms with Crippen molar-refractivity contribution in [2.24, 2.45) is 14.0 Å². The third-order valence-corrected chi connectivity index (χ3v) is 8.15. The van der Waals surface area contributed by atoms with Gasteiger partial charge < -0.3 is 4.74 Å². The van der Waals surface area contributed by atoms with Crippen LogP contribution in [0.1, 0.15) is 43.6 Å². The second kappa shape index (κ2) is 11.8. The van der Waals surface area contributed by atoms with Gasteiger partial charge in [-0.15, -0.1) is 0 Å². The molecule has 4 nitrogen and oxygen atoms in total. The molecule has 0 spiro atoms. The topological polar surface area (TPSA) is 46.3 Å². The zero-order chi connectivity index (χ0) is 19.5. The van der Waals surface area contributed by atoms with Crippen LogP contribution in [0.25, 0.3) is 0 Å². The first kappa shape index (κ1) is 22.4. The van der Waals surface area contributed by atoms with Gasteiger partial charge in [0.25, 0.3) is 0 Å². The molecule has 2 rings (SSSR count). The van der Waals surface area contributed by atoms with Crippen molar-refractivity contribution in [1.29, 1.82) is 0 Å². The second-order valence-electron chi connectivity index (χ2n) is 6.38. The number of rotatable bonds is 9. The highest BCUT2D eigenvalue weighted by molar-refractivity contribution is 7.78. The fraction of sp³-hybridized carbons (Fsp3) is 0.500. The number of isothiocyanates is 3. The molecule has 9 heteroatoms. The van der Waals surface area contributed by atoms with E-state index < -0.39 is 8.56 Å². The molecule has 0 radical (unpaired) electrons. The van der Waals surface area contributed by atoms with Crippen LogP contribution in [-0.2, 0) is 4.74 Å². The molecule has 0 atom stereocenters. The van der Waals surface area contributed by atoms with Crippen molar-refractivity contribution in [3.8, 4) is 0 Å². The van der Waals surface area contributed by atoms with Gasteiger partial charge in [0.15, 0.2) is 0 Å². The molecule has 0 bridgehead atoms. The highest BCUT2D eigenvalue weighted by Gasteiger charge is 2.34. The molecule has 142 valence electrons. The van der Waals surface area contributed by atoms with Crippen molar-refractivity contribution in [2.75, 3.05) is 6.61 Å². The van der Waals surface area contributed by atoms with E-state index in [1.807, 2.05) is 12.1 Å². The maximum Gasteiger partial charge on any atom is 0.461 e. The Morgan fingerprint density at radius 3 is 2.04 bits per heavy atom. The predicted octanol–water partition coefficient (Wildman–Crippen LogP) is 6.02. The fourth-order valence-electron chi connectivity index (χ4n) is 3.32. The fourth-order valence-corrected chi connectivity index (χ4v) is 6.30. The van der Waals surface area contributed by atoms with Gasteiger partial charge in [-0.1, -0.05) is 23.7 Å². The van der Waals surface area contributed by atoms with E-state index in [1.165, 1.54) is 5.56 Å². The van der Waals surface area contributed by atoms with E-state index in [0.29, 0.717) is 24.7 Å². The molecule has 27 heavy (non-hydrogen) atoms. The highest BCUT2D eigenvalue weighted by Crippen LogP contribution is 2.34. The minimum absolute atomic E-state index is 0.293. The third-order valence-electron chi connectivity index (χ3n) is 4.70. The number of ether oxygens (including phenoxy) is 1. The molecule has 1 fully saturated rings. The Morgan fingerprint density at radius 1 is 0.963 bits per heavy atom. The largest absolute Gasteiger partial charge is 0.461 e. The Morgan fingerprint density at radius 2 is 1.52 bits per heavy atom. The van der Waals surface area contributed by atoms with Gasteiger partial charge >= 0.3 is 8.56 Å². The van der Waals surface area contributed by atoms with Gasteiger partial charge in [-0.25, -0.2) is 14.0 Å².